The largest absolute Gasteiger partial charge is 0.424 e. The Morgan fingerprint density at radius 2 is 1.45 bits per heavy atom. The number of hydrogen-bond acceptors (Lipinski definition) is 6. The number of nitrogens with one attached hydrogen (secondary N) is 1. The van der Waals surface area contributed by atoms with Gasteiger partial charge in [0.2, 0.25) is 0 Å². The Labute approximate surface area is 129 Å². The molecule has 2 N–H and O–H groups in total. The van der Waals surface area contributed by atoms with Crippen LogP contribution in [0.25, 0.3) is 0 Å². The highest BCUT2D eigenvalue weighted by atomic mass is 32.3. The molecule has 0 spiro atoms. The summed E-state index contributed by atoms with van der Waals surface area (Å²) in [4.78, 5) is 5.78. The molecule has 8 heteroatoms. The van der Waals surface area contributed by atoms with E-state index in [1.165, 1.54) is 22.7 Å². The van der Waals surface area contributed by atoms with Crippen LogP contribution in [-0.4, -0.2) is 27.1 Å². The molecule has 1 aliphatic heterocycles. The standard InChI is InChI=1S/C13H12N2.CH4O5S/c1-15-12-8-4-2-6-10(12)14-11-7-3-5-9-13(11)15;1-5-6-7(2,3)4/h2-9,14H,1H3;1H3,(H,2,3,4). The van der Waals surface area contributed by atoms with Gasteiger partial charge in [-0.05, 0) is 24.3 Å². The molecule has 1 aliphatic rings. The van der Waals surface area contributed by atoms with Gasteiger partial charge in [0.1, 0.15) is 0 Å². The van der Waals surface area contributed by atoms with Gasteiger partial charge in [0.25, 0.3) is 0 Å². The van der Waals surface area contributed by atoms with Gasteiger partial charge in [0.15, 0.2) is 0 Å². The molecule has 118 valence electrons. The smallest absolute Gasteiger partial charge is 0.352 e. The van der Waals surface area contributed by atoms with Crippen LogP contribution in [-0.2, 0) is 19.6 Å². The van der Waals surface area contributed by atoms with Gasteiger partial charge in [0.05, 0.1) is 29.9 Å². The van der Waals surface area contributed by atoms with Crippen molar-refractivity contribution in [3.8, 4) is 0 Å². The molecule has 2 aromatic rings. The molecule has 0 aliphatic carbocycles. The Bertz CT molecular complexity index is 703. The van der Waals surface area contributed by atoms with E-state index in [2.05, 4.69) is 62.9 Å². The summed E-state index contributed by atoms with van der Waals surface area (Å²) in [5.74, 6) is 0. The first-order valence-electron chi connectivity index (χ1n) is 6.31. The van der Waals surface area contributed by atoms with Crippen LogP contribution >= 0.6 is 0 Å². The number of rotatable bonds is 2. The number of benzene rings is 2. The lowest BCUT2D eigenvalue weighted by molar-refractivity contribution is -0.179. The van der Waals surface area contributed by atoms with Gasteiger partial charge >= 0.3 is 10.4 Å². The third kappa shape index (κ3) is 3.95. The monoisotopic (exact) mass is 324 g/mol. The molecule has 7 nitrogen and oxygen atoms in total. The fourth-order valence-electron chi connectivity index (χ4n) is 2.10. The molecule has 0 fully saturated rings. The molecule has 1 heterocycles. The lowest BCUT2D eigenvalue weighted by Gasteiger charge is -2.30. The predicted molar refractivity (Wildman–Crippen MR) is 83.9 cm³/mol. The molecular formula is C14H16N2O5S. The van der Waals surface area contributed by atoms with Crippen molar-refractivity contribution in [2.24, 2.45) is 0 Å². The van der Waals surface area contributed by atoms with Crippen molar-refractivity contribution in [3.05, 3.63) is 48.5 Å². The van der Waals surface area contributed by atoms with Crippen molar-refractivity contribution in [2.75, 3.05) is 24.4 Å². The van der Waals surface area contributed by atoms with Crippen LogP contribution < -0.4 is 10.2 Å². The minimum atomic E-state index is -4.40. The van der Waals surface area contributed by atoms with Crippen molar-refractivity contribution in [1.82, 2.24) is 0 Å². The minimum absolute atomic E-state index is 0.966. The first-order chi connectivity index (χ1) is 10.4. The van der Waals surface area contributed by atoms with Gasteiger partial charge in [0, 0.05) is 7.05 Å². The topological polar surface area (TPSA) is 88.1 Å². The third-order valence-electron chi connectivity index (χ3n) is 2.95. The fraction of sp³-hybridized carbons (Fsp3) is 0.143. The number of hydrogen-bond donors (Lipinski definition) is 2. The zero-order valence-electron chi connectivity index (χ0n) is 12.1. The van der Waals surface area contributed by atoms with E-state index in [1.807, 2.05) is 12.1 Å². The van der Waals surface area contributed by atoms with Gasteiger partial charge in [-0.3, -0.25) is 4.55 Å². The Balaban J connectivity index is 0.000000217. The second-order valence-corrected chi connectivity index (χ2v) is 5.37. The second kappa shape index (κ2) is 6.75. The zero-order valence-corrected chi connectivity index (χ0v) is 12.9. The van der Waals surface area contributed by atoms with E-state index in [1.54, 1.807) is 0 Å². The van der Waals surface area contributed by atoms with E-state index in [-0.39, 0.29) is 0 Å². The SMILES string of the molecule is CN1c2ccccc2Nc2ccccc21.COOS(=O)(=O)O. The number of anilines is 4. The Morgan fingerprint density at radius 1 is 1.00 bits per heavy atom. The molecule has 0 bridgehead atoms. The Morgan fingerprint density at radius 3 is 1.82 bits per heavy atom. The second-order valence-electron chi connectivity index (χ2n) is 4.38. The molecule has 0 amide bonds. The van der Waals surface area contributed by atoms with E-state index >= 15 is 0 Å². The third-order valence-corrected chi connectivity index (χ3v) is 3.26. The molecule has 0 atom stereocenters. The highest BCUT2D eigenvalue weighted by Gasteiger charge is 2.17. The summed E-state index contributed by atoms with van der Waals surface area (Å²) in [7, 11) is -1.33. The van der Waals surface area contributed by atoms with Crippen molar-refractivity contribution in [3.63, 3.8) is 0 Å². The maximum Gasteiger partial charge on any atom is 0.424 e. The van der Waals surface area contributed by atoms with Crippen LogP contribution in [0.3, 0.4) is 0 Å². The lowest BCUT2D eigenvalue weighted by atomic mass is 10.1. The van der Waals surface area contributed by atoms with Crippen LogP contribution in [0, 0.1) is 0 Å². The number of para-hydroxylation sites is 4. The Hall–Kier alpha value is -2.13. The molecule has 0 saturated heterocycles. The fourth-order valence-corrected chi connectivity index (χ4v) is 2.28. The van der Waals surface area contributed by atoms with Crippen LogP contribution in [0.15, 0.2) is 48.5 Å². The summed E-state index contributed by atoms with van der Waals surface area (Å²) in [5, 5.41) is 3.43. The molecular weight excluding hydrogens is 308 g/mol. The van der Waals surface area contributed by atoms with Crippen molar-refractivity contribution in [2.45, 2.75) is 0 Å². The van der Waals surface area contributed by atoms with Crippen molar-refractivity contribution < 1.29 is 22.2 Å². The summed E-state index contributed by atoms with van der Waals surface area (Å²) >= 11 is 0. The summed E-state index contributed by atoms with van der Waals surface area (Å²) in [6.45, 7) is 0. The van der Waals surface area contributed by atoms with Gasteiger partial charge in [-0.25, -0.2) is 4.89 Å². The normalized spacial score (nSPS) is 12.4. The average molecular weight is 324 g/mol. The maximum atomic E-state index is 9.44. The molecule has 0 aromatic heterocycles. The van der Waals surface area contributed by atoms with E-state index in [0.29, 0.717) is 0 Å². The van der Waals surface area contributed by atoms with E-state index < -0.39 is 10.4 Å². The van der Waals surface area contributed by atoms with Crippen LogP contribution in [0.4, 0.5) is 22.7 Å². The van der Waals surface area contributed by atoms with E-state index in [9.17, 15) is 8.42 Å². The summed E-state index contributed by atoms with van der Waals surface area (Å²) in [6.07, 6.45) is 0. The summed E-state index contributed by atoms with van der Waals surface area (Å²) in [6, 6.07) is 16.7. The maximum absolute atomic E-state index is 9.44. The lowest BCUT2D eigenvalue weighted by Crippen LogP contribution is -2.17. The molecule has 0 unspecified atom stereocenters. The molecule has 0 radical (unpaired) electrons. The van der Waals surface area contributed by atoms with Crippen LogP contribution in [0.1, 0.15) is 0 Å². The minimum Gasteiger partial charge on any atom is -0.352 e. The zero-order chi connectivity index (χ0) is 16.2. The van der Waals surface area contributed by atoms with E-state index in [0.717, 1.165) is 7.11 Å². The summed E-state index contributed by atoms with van der Waals surface area (Å²) in [5.41, 5.74) is 4.77. The van der Waals surface area contributed by atoms with E-state index in [4.69, 9.17) is 4.55 Å². The summed E-state index contributed by atoms with van der Waals surface area (Å²) < 4.78 is 29.8. The average Bonchev–Trinajstić information content (AvgIpc) is 2.47. The molecule has 2 aromatic carbocycles. The molecule has 3 rings (SSSR count). The van der Waals surface area contributed by atoms with Crippen molar-refractivity contribution in [1.29, 1.82) is 0 Å². The van der Waals surface area contributed by atoms with Crippen molar-refractivity contribution >= 4 is 33.1 Å². The predicted octanol–water partition coefficient (Wildman–Crippen LogP) is 2.88. The highest BCUT2D eigenvalue weighted by molar-refractivity contribution is 7.80. The molecule has 0 saturated carbocycles. The first-order valence-corrected chi connectivity index (χ1v) is 7.67. The number of nitrogens with zero attached hydrogens (tertiary/aromatic N) is 1. The highest BCUT2D eigenvalue weighted by Crippen LogP contribution is 2.41. The van der Waals surface area contributed by atoms with Gasteiger partial charge < -0.3 is 10.2 Å². The van der Waals surface area contributed by atoms with Crippen LogP contribution in [0.2, 0.25) is 0 Å². The van der Waals surface area contributed by atoms with Gasteiger partial charge in [-0.15, -0.1) is 0 Å². The molecule has 22 heavy (non-hydrogen) atoms. The van der Waals surface area contributed by atoms with Gasteiger partial charge in [-0.1, -0.05) is 28.6 Å². The Kier molecular flexibility index (Phi) is 4.99. The van der Waals surface area contributed by atoms with Crippen LogP contribution in [0.5, 0.6) is 0 Å². The first kappa shape index (κ1) is 16.2. The number of fused-ring (bicyclic) bond motifs is 2. The quantitative estimate of drug-likeness (QED) is 0.499. The van der Waals surface area contributed by atoms with Gasteiger partial charge in [-0.2, -0.15) is 8.42 Å².